The van der Waals surface area contributed by atoms with Gasteiger partial charge in [0.2, 0.25) is 15.9 Å². The highest BCUT2D eigenvalue weighted by Gasteiger charge is 2.14. The van der Waals surface area contributed by atoms with Gasteiger partial charge in [0.05, 0.1) is 11.0 Å². The van der Waals surface area contributed by atoms with Crippen LogP contribution in [0, 0.1) is 0 Å². The van der Waals surface area contributed by atoms with Gasteiger partial charge in [-0.15, -0.1) is 0 Å². The van der Waals surface area contributed by atoms with Crippen LogP contribution >= 0.6 is 11.6 Å². The van der Waals surface area contributed by atoms with Crippen molar-refractivity contribution < 1.29 is 17.9 Å². The van der Waals surface area contributed by atoms with Crippen LogP contribution in [0.15, 0.2) is 59.5 Å². The van der Waals surface area contributed by atoms with Gasteiger partial charge in [-0.2, -0.15) is 0 Å². The molecular formula is C20H25ClN2O4S. The van der Waals surface area contributed by atoms with Crippen molar-refractivity contribution in [1.82, 2.24) is 10.0 Å². The fourth-order valence-corrected chi connectivity index (χ4v) is 3.82. The zero-order valence-electron chi connectivity index (χ0n) is 15.7. The number of carbonyl (C=O) groups is 1. The lowest BCUT2D eigenvalue weighted by molar-refractivity contribution is -0.120. The topological polar surface area (TPSA) is 84.5 Å². The number of amides is 1. The molecule has 28 heavy (non-hydrogen) atoms. The molecule has 0 saturated heterocycles. The van der Waals surface area contributed by atoms with Crippen LogP contribution in [0.1, 0.15) is 31.4 Å². The third kappa shape index (κ3) is 7.59. The van der Waals surface area contributed by atoms with Gasteiger partial charge in [0.15, 0.2) is 0 Å². The summed E-state index contributed by atoms with van der Waals surface area (Å²) in [6, 6.07) is 15.9. The molecule has 2 rings (SSSR count). The molecule has 2 aromatic carbocycles. The first-order valence-electron chi connectivity index (χ1n) is 9.07. The van der Waals surface area contributed by atoms with Crippen LogP contribution in [0.5, 0.6) is 0 Å². The molecule has 2 N–H and O–H groups in total. The molecule has 0 saturated carbocycles. The summed E-state index contributed by atoms with van der Waals surface area (Å²) in [5, 5.41) is 3.09. The molecule has 0 aromatic heterocycles. The molecule has 6 nitrogen and oxygen atoms in total. The fraction of sp³-hybridized carbons (Fsp3) is 0.350. The van der Waals surface area contributed by atoms with Crippen molar-refractivity contribution in [3.8, 4) is 0 Å². The molecule has 8 heteroatoms. The number of hydrogen-bond acceptors (Lipinski definition) is 4. The van der Waals surface area contributed by atoms with Gasteiger partial charge >= 0.3 is 0 Å². The second-order valence-corrected chi connectivity index (χ2v) is 8.44. The van der Waals surface area contributed by atoms with Crippen molar-refractivity contribution in [2.24, 2.45) is 0 Å². The Morgan fingerprint density at radius 3 is 2.57 bits per heavy atom. The zero-order chi connectivity index (χ0) is 20.4. The number of carbonyl (C=O) groups excluding carboxylic acids is 1. The second kappa shape index (κ2) is 11.2. The minimum atomic E-state index is -3.68. The summed E-state index contributed by atoms with van der Waals surface area (Å²) >= 11 is 5.81. The predicted molar refractivity (Wildman–Crippen MR) is 110 cm³/mol. The Hall–Kier alpha value is -1.93. The first-order valence-corrected chi connectivity index (χ1v) is 10.9. The molecule has 0 bridgehead atoms. The van der Waals surface area contributed by atoms with Crippen molar-refractivity contribution >= 4 is 27.5 Å². The highest BCUT2D eigenvalue weighted by atomic mass is 35.5. The minimum Gasteiger partial charge on any atom is -0.374 e. The quantitative estimate of drug-likeness (QED) is 0.542. The van der Waals surface area contributed by atoms with Crippen molar-refractivity contribution in [1.29, 1.82) is 0 Å². The average molecular weight is 425 g/mol. The molecule has 152 valence electrons. The van der Waals surface area contributed by atoms with Crippen molar-refractivity contribution in [3.63, 3.8) is 0 Å². The van der Waals surface area contributed by atoms with E-state index in [2.05, 4.69) is 10.0 Å². The van der Waals surface area contributed by atoms with Crippen LogP contribution in [0.4, 0.5) is 0 Å². The van der Waals surface area contributed by atoms with Crippen molar-refractivity contribution in [3.05, 3.63) is 65.2 Å². The van der Waals surface area contributed by atoms with Crippen LogP contribution in [0.2, 0.25) is 5.02 Å². The highest BCUT2D eigenvalue weighted by molar-refractivity contribution is 7.89. The summed E-state index contributed by atoms with van der Waals surface area (Å²) in [6.07, 6.45) is 0.732. The van der Waals surface area contributed by atoms with Gasteiger partial charge in [-0.3, -0.25) is 4.79 Å². The standard InChI is InChI=1S/C20H25ClN2O4S/c1-16(17-7-3-2-4-8-17)27-14-6-12-22-20(24)11-13-23-28(25,26)19-10-5-9-18(21)15-19/h2-5,7-10,15-16,23H,6,11-14H2,1H3,(H,22,24). The van der Waals surface area contributed by atoms with Gasteiger partial charge in [-0.05, 0) is 37.1 Å². The van der Waals surface area contributed by atoms with Crippen LogP contribution in [-0.2, 0) is 19.6 Å². The van der Waals surface area contributed by atoms with E-state index in [0.717, 1.165) is 5.56 Å². The maximum Gasteiger partial charge on any atom is 0.240 e. The number of sulfonamides is 1. The van der Waals surface area contributed by atoms with E-state index < -0.39 is 10.0 Å². The van der Waals surface area contributed by atoms with Crippen LogP contribution in [0.25, 0.3) is 0 Å². The molecule has 0 aliphatic rings. The fourth-order valence-electron chi connectivity index (χ4n) is 2.49. The molecule has 1 unspecified atom stereocenters. The third-order valence-electron chi connectivity index (χ3n) is 4.03. The van der Waals surface area contributed by atoms with Crippen LogP contribution in [0.3, 0.4) is 0 Å². The molecule has 1 atom stereocenters. The Balaban J connectivity index is 1.60. The summed E-state index contributed by atoms with van der Waals surface area (Å²) in [5.74, 6) is -0.218. The van der Waals surface area contributed by atoms with Crippen LogP contribution in [-0.4, -0.2) is 34.0 Å². The number of benzene rings is 2. The van der Waals surface area contributed by atoms with Crippen LogP contribution < -0.4 is 10.0 Å². The largest absolute Gasteiger partial charge is 0.374 e. The summed E-state index contributed by atoms with van der Waals surface area (Å²) in [4.78, 5) is 11.9. The summed E-state index contributed by atoms with van der Waals surface area (Å²) in [7, 11) is -3.68. The average Bonchev–Trinajstić information content (AvgIpc) is 2.68. The predicted octanol–water partition coefficient (Wildman–Crippen LogP) is 3.29. The number of nitrogens with one attached hydrogen (secondary N) is 2. The molecule has 0 radical (unpaired) electrons. The molecule has 2 aromatic rings. The van der Waals surface area contributed by atoms with Gasteiger partial charge in [-0.1, -0.05) is 48.0 Å². The second-order valence-electron chi connectivity index (χ2n) is 6.23. The summed E-state index contributed by atoms with van der Waals surface area (Å²) in [5.41, 5.74) is 1.11. The summed E-state index contributed by atoms with van der Waals surface area (Å²) < 4.78 is 32.4. The first kappa shape index (κ1) is 22.4. The van der Waals surface area contributed by atoms with Crippen molar-refractivity contribution in [2.45, 2.75) is 30.8 Å². The molecule has 0 heterocycles. The third-order valence-corrected chi connectivity index (χ3v) is 5.72. The van der Waals surface area contributed by atoms with E-state index in [1.165, 1.54) is 12.1 Å². The monoisotopic (exact) mass is 424 g/mol. The minimum absolute atomic E-state index is 0.00204. The Morgan fingerprint density at radius 2 is 1.86 bits per heavy atom. The lowest BCUT2D eigenvalue weighted by Gasteiger charge is -2.13. The van der Waals surface area contributed by atoms with Gasteiger partial charge in [0, 0.05) is 31.1 Å². The Bertz CT molecular complexity index is 860. The highest BCUT2D eigenvalue weighted by Crippen LogP contribution is 2.16. The van der Waals surface area contributed by atoms with Crippen molar-refractivity contribution in [2.75, 3.05) is 19.7 Å². The van der Waals surface area contributed by atoms with E-state index >= 15 is 0 Å². The molecule has 1 amide bonds. The van der Waals surface area contributed by atoms with Gasteiger partial charge in [0.1, 0.15) is 0 Å². The Morgan fingerprint density at radius 1 is 1.11 bits per heavy atom. The number of rotatable bonds is 11. The van der Waals surface area contributed by atoms with E-state index in [-0.39, 0.29) is 29.9 Å². The molecule has 0 fully saturated rings. The molecule has 0 aliphatic heterocycles. The van der Waals surface area contributed by atoms with E-state index in [1.807, 2.05) is 37.3 Å². The lowest BCUT2D eigenvalue weighted by Crippen LogP contribution is -2.31. The maximum absolute atomic E-state index is 12.1. The molecular weight excluding hydrogens is 400 g/mol. The van der Waals surface area contributed by atoms with Gasteiger partial charge < -0.3 is 10.1 Å². The zero-order valence-corrected chi connectivity index (χ0v) is 17.3. The number of halogens is 1. The number of ether oxygens (including phenoxy) is 1. The Kier molecular flexibility index (Phi) is 8.92. The van der Waals surface area contributed by atoms with E-state index in [1.54, 1.807) is 12.1 Å². The molecule has 0 spiro atoms. The molecule has 0 aliphatic carbocycles. The maximum atomic E-state index is 12.1. The number of hydrogen-bond donors (Lipinski definition) is 2. The Labute approximate surface area is 171 Å². The van der Waals surface area contributed by atoms with E-state index in [9.17, 15) is 13.2 Å². The van der Waals surface area contributed by atoms with E-state index in [0.29, 0.717) is 24.6 Å². The first-order chi connectivity index (χ1) is 13.4. The smallest absolute Gasteiger partial charge is 0.240 e. The van der Waals surface area contributed by atoms with Gasteiger partial charge in [0.25, 0.3) is 0 Å². The normalized spacial score (nSPS) is 12.5. The summed E-state index contributed by atoms with van der Waals surface area (Å²) in [6.45, 7) is 3.00. The van der Waals surface area contributed by atoms with E-state index in [4.69, 9.17) is 16.3 Å². The van der Waals surface area contributed by atoms with Gasteiger partial charge in [-0.25, -0.2) is 13.1 Å². The SMILES string of the molecule is CC(OCCCNC(=O)CCNS(=O)(=O)c1cccc(Cl)c1)c1ccccc1. The lowest BCUT2D eigenvalue weighted by atomic mass is 10.1.